The Bertz CT molecular complexity index is 767. The van der Waals surface area contributed by atoms with Gasteiger partial charge in [-0.3, -0.25) is 0 Å². The lowest BCUT2D eigenvalue weighted by Crippen LogP contribution is -2.44. The van der Waals surface area contributed by atoms with E-state index in [1.165, 1.54) is 25.7 Å². The maximum atomic E-state index is 10.7. The van der Waals surface area contributed by atoms with Gasteiger partial charge in [-0.1, -0.05) is 12.8 Å². The van der Waals surface area contributed by atoms with E-state index >= 15 is 0 Å². The summed E-state index contributed by atoms with van der Waals surface area (Å²) in [7, 11) is 0. The molecule has 1 aliphatic rings. The van der Waals surface area contributed by atoms with Gasteiger partial charge in [0, 0.05) is 25.8 Å². The highest BCUT2D eigenvalue weighted by molar-refractivity contribution is 7.08. The van der Waals surface area contributed by atoms with Crippen LogP contribution in [0.15, 0.2) is 40.1 Å². The van der Waals surface area contributed by atoms with E-state index in [0.717, 1.165) is 36.6 Å². The number of pyridine rings is 1. The van der Waals surface area contributed by atoms with E-state index in [4.69, 9.17) is 4.99 Å². The van der Waals surface area contributed by atoms with E-state index in [9.17, 15) is 5.11 Å². The highest BCUT2D eigenvalue weighted by Gasteiger charge is 2.23. The molecule has 2 aromatic heterocycles. The van der Waals surface area contributed by atoms with Crippen LogP contribution in [0.3, 0.4) is 0 Å². The molecule has 0 amide bonds. The molecule has 1 atom stereocenters. The van der Waals surface area contributed by atoms with Crippen molar-refractivity contribution in [2.24, 2.45) is 4.99 Å². The van der Waals surface area contributed by atoms with Crippen LogP contribution in [0.5, 0.6) is 0 Å². The van der Waals surface area contributed by atoms with Crippen LogP contribution in [0.25, 0.3) is 0 Å². The molecule has 0 aliphatic carbocycles. The van der Waals surface area contributed by atoms with Crippen LogP contribution in [0, 0.1) is 0 Å². The highest BCUT2D eigenvalue weighted by atomic mass is 32.1. The number of nitrogens with zero attached hydrogens (tertiary/aromatic N) is 3. The van der Waals surface area contributed by atoms with Gasteiger partial charge < -0.3 is 20.6 Å². The van der Waals surface area contributed by atoms with Crippen LogP contribution in [0.1, 0.15) is 50.7 Å². The lowest BCUT2D eigenvalue weighted by Gasteiger charge is -2.24. The Morgan fingerprint density at radius 1 is 1.24 bits per heavy atom. The van der Waals surface area contributed by atoms with Crippen LogP contribution in [0.4, 0.5) is 5.82 Å². The first-order valence-corrected chi connectivity index (χ1v) is 11.5. The zero-order valence-electron chi connectivity index (χ0n) is 17.5. The Hall–Kier alpha value is -2.12. The Morgan fingerprint density at radius 3 is 2.72 bits per heavy atom. The third kappa shape index (κ3) is 6.44. The molecule has 0 radical (unpaired) electrons. The molecule has 3 rings (SSSR count). The minimum absolute atomic E-state index is 0.394. The van der Waals surface area contributed by atoms with Gasteiger partial charge in [-0.15, -0.1) is 0 Å². The van der Waals surface area contributed by atoms with Crippen molar-refractivity contribution in [1.82, 2.24) is 15.6 Å². The summed E-state index contributed by atoms with van der Waals surface area (Å²) in [6.45, 7) is 7.76. The summed E-state index contributed by atoms with van der Waals surface area (Å²) in [6.07, 6.45) is 6.98. The molecule has 29 heavy (non-hydrogen) atoms. The Balaban J connectivity index is 1.63. The fraction of sp³-hybridized carbons (Fsp3) is 0.545. The summed E-state index contributed by atoms with van der Waals surface area (Å²) >= 11 is 1.59. The first-order chi connectivity index (χ1) is 14.1. The smallest absolute Gasteiger partial charge is 0.191 e. The minimum atomic E-state index is -0.938. The predicted molar refractivity (Wildman–Crippen MR) is 122 cm³/mol. The van der Waals surface area contributed by atoms with Crippen molar-refractivity contribution >= 4 is 23.1 Å². The fourth-order valence-electron chi connectivity index (χ4n) is 3.47. The number of thiophene rings is 1. The number of rotatable bonds is 7. The van der Waals surface area contributed by atoms with Gasteiger partial charge in [0.15, 0.2) is 5.96 Å². The van der Waals surface area contributed by atoms with E-state index in [-0.39, 0.29) is 0 Å². The standard InChI is InChI=1S/C22H33N5OS/c1-3-23-21(26-17-22(2,28)19-9-13-29-16-19)25-15-18-8-10-24-20(14-18)27-11-6-4-5-7-12-27/h8-10,13-14,16,28H,3-7,11-12,15,17H2,1-2H3,(H2,23,25,26). The van der Waals surface area contributed by atoms with E-state index < -0.39 is 5.60 Å². The van der Waals surface area contributed by atoms with Gasteiger partial charge in [0.25, 0.3) is 0 Å². The topological polar surface area (TPSA) is 72.8 Å². The van der Waals surface area contributed by atoms with Gasteiger partial charge in [0.2, 0.25) is 0 Å². The van der Waals surface area contributed by atoms with Gasteiger partial charge in [-0.25, -0.2) is 9.98 Å². The van der Waals surface area contributed by atoms with Gasteiger partial charge in [0.05, 0.1) is 13.1 Å². The van der Waals surface area contributed by atoms with E-state index in [2.05, 4.69) is 26.6 Å². The molecule has 3 N–H and O–H groups in total. The van der Waals surface area contributed by atoms with Crippen molar-refractivity contribution in [2.75, 3.05) is 31.1 Å². The summed E-state index contributed by atoms with van der Waals surface area (Å²) in [4.78, 5) is 11.7. The summed E-state index contributed by atoms with van der Waals surface area (Å²) in [6, 6.07) is 6.13. The van der Waals surface area contributed by atoms with Gasteiger partial charge in [-0.2, -0.15) is 11.3 Å². The van der Waals surface area contributed by atoms with Gasteiger partial charge in [-0.05, 0) is 66.8 Å². The molecule has 1 aliphatic heterocycles. The summed E-state index contributed by atoms with van der Waals surface area (Å²) in [5.41, 5.74) is 1.12. The molecule has 158 valence electrons. The molecule has 0 aromatic carbocycles. The monoisotopic (exact) mass is 415 g/mol. The van der Waals surface area contributed by atoms with Gasteiger partial charge >= 0.3 is 0 Å². The van der Waals surface area contributed by atoms with E-state index in [1.54, 1.807) is 11.3 Å². The second-order valence-corrected chi connectivity index (χ2v) is 8.54. The summed E-state index contributed by atoms with van der Waals surface area (Å²) < 4.78 is 0. The zero-order chi connectivity index (χ0) is 20.5. The molecule has 0 bridgehead atoms. The quantitative estimate of drug-likeness (QED) is 0.477. The predicted octanol–water partition coefficient (Wildman–Crippen LogP) is 3.49. The molecule has 1 saturated heterocycles. The van der Waals surface area contributed by atoms with Crippen molar-refractivity contribution in [2.45, 2.75) is 51.7 Å². The third-order valence-electron chi connectivity index (χ3n) is 5.25. The molecular weight excluding hydrogens is 382 g/mol. The number of hydrogen-bond donors (Lipinski definition) is 3. The van der Waals surface area contributed by atoms with Crippen LogP contribution in [0.2, 0.25) is 0 Å². The molecule has 3 heterocycles. The maximum absolute atomic E-state index is 10.7. The van der Waals surface area contributed by atoms with E-state index in [1.807, 2.05) is 42.9 Å². The van der Waals surface area contributed by atoms with E-state index in [0.29, 0.717) is 19.0 Å². The SMILES string of the molecule is CCNC(=NCc1ccnc(N2CCCCCC2)c1)NCC(C)(O)c1ccsc1. The molecule has 7 heteroatoms. The van der Waals surface area contributed by atoms with Gasteiger partial charge in [0.1, 0.15) is 11.4 Å². The second kappa shape index (κ2) is 10.6. The zero-order valence-corrected chi connectivity index (χ0v) is 18.3. The average Bonchev–Trinajstić information content (AvgIpc) is 3.14. The van der Waals surface area contributed by atoms with Crippen molar-refractivity contribution in [3.05, 3.63) is 46.3 Å². The fourth-order valence-corrected chi connectivity index (χ4v) is 4.26. The number of nitrogens with one attached hydrogen (secondary N) is 2. The number of anilines is 1. The van der Waals surface area contributed by atoms with Crippen molar-refractivity contribution in [1.29, 1.82) is 0 Å². The first-order valence-electron chi connectivity index (χ1n) is 10.6. The first kappa shape index (κ1) is 21.6. The van der Waals surface area contributed by atoms with Crippen molar-refractivity contribution < 1.29 is 5.11 Å². The minimum Gasteiger partial charge on any atom is -0.384 e. The molecule has 6 nitrogen and oxygen atoms in total. The Morgan fingerprint density at radius 2 is 2.03 bits per heavy atom. The average molecular weight is 416 g/mol. The lowest BCUT2D eigenvalue weighted by atomic mass is 9.99. The molecular formula is C22H33N5OS. The molecule has 1 fully saturated rings. The summed E-state index contributed by atoms with van der Waals surface area (Å²) in [5, 5.41) is 21.2. The molecule has 0 saturated carbocycles. The van der Waals surface area contributed by atoms with Crippen molar-refractivity contribution in [3.63, 3.8) is 0 Å². The molecule has 0 spiro atoms. The number of hydrogen-bond acceptors (Lipinski definition) is 5. The third-order valence-corrected chi connectivity index (χ3v) is 5.93. The highest BCUT2D eigenvalue weighted by Crippen LogP contribution is 2.22. The largest absolute Gasteiger partial charge is 0.384 e. The van der Waals surface area contributed by atoms with Crippen LogP contribution in [-0.2, 0) is 12.1 Å². The van der Waals surface area contributed by atoms with Crippen LogP contribution < -0.4 is 15.5 Å². The maximum Gasteiger partial charge on any atom is 0.191 e. The molecule has 2 aromatic rings. The molecule has 1 unspecified atom stereocenters. The van der Waals surface area contributed by atoms with Crippen LogP contribution in [-0.4, -0.2) is 42.2 Å². The number of aromatic nitrogens is 1. The number of aliphatic imine (C=N–C) groups is 1. The van der Waals surface area contributed by atoms with Crippen LogP contribution >= 0.6 is 11.3 Å². The number of aliphatic hydroxyl groups is 1. The lowest BCUT2D eigenvalue weighted by molar-refractivity contribution is 0.0621. The normalized spacial score (nSPS) is 17.5. The van der Waals surface area contributed by atoms with Crippen molar-refractivity contribution in [3.8, 4) is 0 Å². The number of guanidine groups is 1. The Labute approximate surface area is 178 Å². The Kier molecular flexibility index (Phi) is 7.89. The summed E-state index contributed by atoms with van der Waals surface area (Å²) in [5.74, 6) is 1.76. The second-order valence-electron chi connectivity index (χ2n) is 7.76.